The van der Waals surface area contributed by atoms with E-state index in [1.807, 2.05) is 0 Å². The van der Waals surface area contributed by atoms with Crippen LogP contribution >= 0.6 is 10.3 Å². The molecule has 0 saturated heterocycles. The molecule has 4 aliphatic rings. The van der Waals surface area contributed by atoms with Gasteiger partial charge in [-0.1, -0.05) is 200 Å². The molecular formula is C65H102O2S. The molecule has 0 atom stereocenters. The van der Waals surface area contributed by atoms with Crippen LogP contribution in [-0.2, 0) is 47.5 Å². The summed E-state index contributed by atoms with van der Waals surface area (Å²) in [4.78, 5) is 20.6. The van der Waals surface area contributed by atoms with Gasteiger partial charge in [-0.15, -0.1) is 0 Å². The zero-order valence-electron chi connectivity index (χ0n) is 45.1. The van der Waals surface area contributed by atoms with Crippen molar-refractivity contribution in [1.82, 2.24) is 0 Å². The Morgan fingerprint density at radius 2 is 0.750 bits per heavy atom. The zero-order valence-corrected chi connectivity index (χ0v) is 45.9. The van der Waals surface area contributed by atoms with Crippen LogP contribution in [0.25, 0.3) is 0 Å². The zero-order chi connectivity index (χ0) is 48.0. The van der Waals surface area contributed by atoms with Gasteiger partial charge < -0.3 is 4.18 Å². The van der Waals surface area contributed by atoms with Gasteiger partial charge in [-0.25, -0.2) is 0 Å². The van der Waals surface area contributed by atoms with Crippen molar-refractivity contribution < 1.29 is 8.98 Å². The van der Waals surface area contributed by atoms with Gasteiger partial charge in [-0.3, -0.25) is 4.79 Å². The van der Waals surface area contributed by atoms with Crippen LogP contribution in [0, 0.1) is 23.2 Å². The number of carbonyl (C=O) groups is 1. The predicted molar refractivity (Wildman–Crippen MR) is 295 cm³/mol. The van der Waals surface area contributed by atoms with E-state index in [0.717, 1.165) is 57.8 Å². The molecule has 4 fully saturated rings. The summed E-state index contributed by atoms with van der Waals surface area (Å²) in [6, 6.07) is 22.3. The Bertz CT molecular complexity index is 1720. The molecule has 3 aromatic carbocycles. The monoisotopic (exact) mass is 947 g/mol. The number of rotatable bonds is 35. The average Bonchev–Trinajstić information content (AvgIpc) is 3.34. The summed E-state index contributed by atoms with van der Waals surface area (Å²) in [6.07, 6.45) is 43.7. The van der Waals surface area contributed by atoms with Gasteiger partial charge in [0.2, 0.25) is 0 Å². The molecule has 0 aliphatic heterocycles. The highest BCUT2D eigenvalue weighted by Gasteiger charge is 2.57. The van der Waals surface area contributed by atoms with Crippen molar-refractivity contribution in [1.29, 1.82) is 0 Å². The first-order valence-corrected chi connectivity index (χ1v) is 31.3. The molecule has 68 heavy (non-hydrogen) atoms. The molecule has 4 bridgehead atoms. The Hall–Kier alpha value is -2.52. The van der Waals surface area contributed by atoms with Crippen LogP contribution in [0.2, 0.25) is 0 Å². The van der Waals surface area contributed by atoms with Crippen molar-refractivity contribution in [3.8, 4) is 0 Å². The third-order valence-electron chi connectivity index (χ3n) is 16.8. The highest BCUT2D eigenvalue weighted by molar-refractivity contribution is 8.30. The van der Waals surface area contributed by atoms with Crippen molar-refractivity contribution in [3.63, 3.8) is 0 Å². The molecule has 7 rings (SSSR count). The van der Waals surface area contributed by atoms with Gasteiger partial charge in [0.25, 0.3) is 0 Å². The number of carbonyl (C=O) groups excluding carboxylic acids is 1. The number of hydrogen-bond acceptors (Lipinski definition) is 2. The lowest BCUT2D eigenvalue weighted by Crippen LogP contribution is -2.50. The molecule has 380 valence electrons. The minimum atomic E-state index is -2.56. The summed E-state index contributed by atoms with van der Waals surface area (Å²) >= 11 is 0. The second-order valence-corrected chi connectivity index (χ2v) is 25.4. The molecular weight excluding hydrogens is 845 g/mol. The minimum Gasteiger partial charge on any atom is -0.401 e. The molecule has 0 radical (unpaired) electrons. The fraction of sp³-hybridized carbons (Fsp3) is 0.708. The lowest BCUT2D eigenvalue weighted by Gasteiger charge is -2.56. The van der Waals surface area contributed by atoms with Crippen molar-refractivity contribution in [2.24, 2.45) is 23.2 Å². The first-order valence-electron chi connectivity index (χ1n) is 29.8. The maximum Gasteiger partial charge on any atom is 0.323 e. The molecule has 0 N–H and O–H groups in total. The first-order chi connectivity index (χ1) is 33.3. The van der Waals surface area contributed by atoms with E-state index in [0.29, 0.717) is 17.8 Å². The second-order valence-electron chi connectivity index (χ2n) is 22.8. The van der Waals surface area contributed by atoms with Crippen molar-refractivity contribution in [2.45, 2.75) is 287 Å². The molecule has 3 heteroatoms. The van der Waals surface area contributed by atoms with E-state index in [4.69, 9.17) is 4.18 Å². The molecule has 0 amide bonds. The van der Waals surface area contributed by atoms with Crippen molar-refractivity contribution in [3.05, 3.63) is 88.0 Å². The van der Waals surface area contributed by atoms with E-state index < -0.39 is 10.3 Å². The number of benzene rings is 3. The van der Waals surface area contributed by atoms with Crippen LogP contribution in [0.3, 0.4) is 0 Å². The average molecular weight is 948 g/mol. The summed E-state index contributed by atoms with van der Waals surface area (Å²) in [5.74, 6) is 2.21. The lowest BCUT2D eigenvalue weighted by molar-refractivity contribution is -0.160. The summed E-state index contributed by atoms with van der Waals surface area (Å²) in [5, 5.41) is 0. The van der Waals surface area contributed by atoms with Crippen LogP contribution in [0.15, 0.2) is 69.3 Å². The third kappa shape index (κ3) is 14.8. The molecule has 3 aromatic rings. The molecule has 0 unspecified atom stereocenters. The highest BCUT2D eigenvalue weighted by atomic mass is 32.3. The molecule has 0 spiro atoms. The van der Waals surface area contributed by atoms with Gasteiger partial charge >= 0.3 is 5.97 Å². The number of aryl methyl sites for hydroxylation is 6. The molecule has 4 aliphatic carbocycles. The molecule has 2 nitrogen and oxygen atoms in total. The SMILES string of the molecule is CCCCCCc1cc(CCCCCC)c(S(OC(=O)C23CC4CC(CC(C4)C2)C3)(c2ccccc2)c2c(CCCCCC)cc(CCCCCC)cc2CCCCCC)c(CCCCCC)c1. The summed E-state index contributed by atoms with van der Waals surface area (Å²) in [5.41, 5.74) is 8.73. The second kappa shape index (κ2) is 29.1. The van der Waals surface area contributed by atoms with Gasteiger partial charge in [0, 0.05) is 14.7 Å². The van der Waals surface area contributed by atoms with Gasteiger partial charge in [0.05, 0.1) is 5.41 Å². The molecule has 4 saturated carbocycles. The summed E-state index contributed by atoms with van der Waals surface area (Å²) in [7, 11) is -2.56. The fourth-order valence-electron chi connectivity index (χ4n) is 13.5. The number of unbranched alkanes of at least 4 members (excludes halogenated alkanes) is 18. The van der Waals surface area contributed by atoms with Crippen molar-refractivity contribution in [2.75, 3.05) is 0 Å². The summed E-state index contributed by atoms with van der Waals surface area (Å²) < 4.78 is 8.30. The van der Waals surface area contributed by atoms with Gasteiger partial charge in [0.15, 0.2) is 0 Å². The van der Waals surface area contributed by atoms with E-state index in [1.54, 1.807) is 0 Å². The van der Waals surface area contributed by atoms with Crippen LogP contribution in [-0.4, -0.2) is 5.97 Å². The van der Waals surface area contributed by atoms with E-state index >= 15 is 4.79 Å². The Labute approximate surface area is 421 Å². The highest BCUT2D eigenvalue weighted by Crippen LogP contribution is 2.74. The quantitative estimate of drug-likeness (QED) is 0.0549. The smallest absolute Gasteiger partial charge is 0.323 e. The predicted octanol–water partition coefficient (Wildman–Crippen LogP) is 20.4. The van der Waals surface area contributed by atoms with Crippen LogP contribution in [0.4, 0.5) is 0 Å². The van der Waals surface area contributed by atoms with Gasteiger partial charge in [0.1, 0.15) is 0 Å². The van der Waals surface area contributed by atoms with Crippen LogP contribution in [0.1, 0.15) is 268 Å². The van der Waals surface area contributed by atoms with E-state index in [2.05, 4.69) is 96.1 Å². The Kier molecular flexibility index (Phi) is 23.5. The maximum atomic E-state index is 16.4. The first kappa shape index (κ1) is 54.8. The Balaban J connectivity index is 1.70. The normalized spacial score (nSPS) is 20.1. The molecule has 0 heterocycles. The van der Waals surface area contributed by atoms with E-state index in [1.165, 1.54) is 221 Å². The van der Waals surface area contributed by atoms with Crippen LogP contribution in [0.5, 0.6) is 0 Å². The third-order valence-corrected chi connectivity index (χ3v) is 20.3. The topological polar surface area (TPSA) is 26.3 Å². The number of hydrogen-bond donors (Lipinski definition) is 0. The summed E-state index contributed by atoms with van der Waals surface area (Å²) in [6.45, 7) is 14.1. The molecule has 0 aromatic heterocycles. The maximum absolute atomic E-state index is 16.4. The van der Waals surface area contributed by atoms with Crippen LogP contribution < -0.4 is 0 Å². The largest absolute Gasteiger partial charge is 0.401 e. The van der Waals surface area contributed by atoms with E-state index in [9.17, 15) is 0 Å². The fourth-order valence-corrected chi connectivity index (χ4v) is 17.6. The van der Waals surface area contributed by atoms with Gasteiger partial charge in [-0.2, -0.15) is 0 Å². The standard InChI is InChI=1S/C65H102O2S/c1-7-13-19-26-34-52-45-57(36-28-21-15-9-3)62(58(46-52)37-29-22-16-10-4)68(61-40-32-25-33-41-61,67-64(66)65-49-54-42-55(50-65)44-56(43-54)51-65)63-59(38-30-23-17-11-5)47-53(35-27-20-14-8-2)48-60(63)39-31-24-18-12-6/h25,32-33,40-41,45-48,54-56H,7-24,26-31,34-39,42-44,49-51H2,1-6H3. The lowest BCUT2D eigenvalue weighted by atomic mass is 9.49. The Morgan fingerprint density at radius 3 is 1.06 bits per heavy atom. The van der Waals surface area contributed by atoms with Crippen molar-refractivity contribution >= 4 is 16.3 Å². The van der Waals surface area contributed by atoms with E-state index in [-0.39, 0.29) is 11.4 Å². The minimum absolute atomic E-state index is 0.172. The van der Waals surface area contributed by atoms with Gasteiger partial charge in [-0.05, 0) is 189 Å². The Morgan fingerprint density at radius 1 is 0.441 bits per heavy atom.